The van der Waals surface area contributed by atoms with Gasteiger partial charge in [-0.05, 0) is 27.7 Å². The summed E-state index contributed by atoms with van der Waals surface area (Å²) in [7, 11) is 1.08. The number of nitrogens with one attached hydrogen (secondary N) is 1. The molecule has 1 amide bonds. The van der Waals surface area contributed by atoms with Crippen LogP contribution in [0, 0.1) is 5.92 Å². The molecule has 2 unspecified atom stereocenters. The van der Waals surface area contributed by atoms with Crippen molar-refractivity contribution in [3.05, 3.63) is 0 Å². The number of esters is 1. The molecule has 0 aromatic carbocycles. The molecule has 0 aromatic rings. The molecular weight excluding hydrogens is 242 g/mol. The van der Waals surface area contributed by atoms with Gasteiger partial charge in [0.05, 0.1) is 13.2 Å². The summed E-state index contributed by atoms with van der Waals surface area (Å²) in [5.74, 6) is -3.76. The van der Waals surface area contributed by atoms with Crippen molar-refractivity contribution in [2.24, 2.45) is 5.92 Å². The minimum absolute atomic E-state index is 0.701. The normalized spacial score (nSPS) is 14.3. The van der Waals surface area contributed by atoms with Crippen LogP contribution in [-0.4, -0.2) is 41.9 Å². The van der Waals surface area contributed by atoms with Crippen molar-refractivity contribution >= 4 is 18.0 Å². The standard InChI is InChI=1S/C11H19NO6/c1-6(7(8(13)14)9(15)17-5)12-10(16)18-11(2,3)4/h6-7H,1-5H3,(H,12,16)(H,13,14). The number of alkyl carbamates (subject to hydrolysis) is 1. The van der Waals surface area contributed by atoms with Gasteiger partial charge in [0.25, 0.3) is 0 Å². The second-order valence-electron chi connectivity index (χ2n) is 4.77. The minimum Gasteiger partial charge on any atom is -0.481 e. The van der Waals surface area contributed by atoms with Crippen molar-refractivity contribution in [1.29, 1.82) is 0 Å². The lowest BCUT2D eigenvalue weighted by molar-refractivity contribution is -0.157. The molecule has 0 rings (SSSR count). The Morgan fingerprint density at radius 2 is 1.72 bits per heavy atom. The van der Waals surface area contributed by atoms with Gasteiger partial charge in [-0.2, -0.15) is 0 Å². The van der Waals surface area contributed by atoms with Crippen LogP contribution in [-0.2, 0) is 19.1 Å². The van der Waals surface area contributed by atoms with E-state index in [0.29, 0.717) is 0 Å². The Morgan fingerprint density at radius 1 is 1.22 bits per heavy atom. The zero-order valence-corrected chi connectivity index (χ0v) is 11.1. The minimum atomic E-state index is -1.47. The van der Waals surface area contributed by atoms with Gasteiger partial charge in [-0.15, -0.1) is 0 Å². The quantitative estimate of drug-likeness (QED) is 0.572. The number of hydrogen-bond donors (Lipinski definition) is 2. The molecule has 0 aliphatic rings. The first-order chi connectivity index (χ1) is 8.08. The monoisotopic (exact) mass is 261 g/mol. The van der Waals surface area contributed by atoms with Gasteiger partial charge in [0.1, 0.15) is 5.60 Å². The van der Waals surface area contributed by atoms with Crippen LogP contribution in [0.2, 0.25) is 0 Å². The van der Waals surface area contributed by atoms with Gasteiger partial charge < -0.3 is 19.9 Å². The summed E-state index contributed by atoms with van der Waals surface area (Å²) in [6.45, 7) is 6.41. The highest BCUT2D eigenvalue weighted by molar-refractivity contribution is 5.95. The van der Waals surface area contributed by atoms with Crippen LogP contribution in [0.5, 0.6) is 0 Å². The van der Waals surface area contributed by atoms with E-state index in [1.807, 2.05) is 0 Å². The van der Waals surface area contributed by atoms with Crippen molar-refractivity contribution in [2.45, 2.75) is 39.3 Å². The summed E-state index contributed by atoms with van der Waals surface area (Å²) < 4.78 is 9.32. The summed E-state index contributed by atoms with van der Waals surface area (Å²) in [6.07, 6.45) is -0.787. The fourth-order valence-electron chi connectivity index (χ4n) is 1.22. The number of aliphatic carboxylic acids is 1. The Kier molecular flexibility index (Phi) is 5.61. The molecule has 0 saturated carbocycles. The molecule has 2 N–H and O–H groups in total. The van der Waals surface area contributed by atoms with E-state index in [2.05, 4.69) is 10.1 Å². The van der Waals surface area contributed by atoms with Crippen molar-refractivity contribution in [3.63, 3.8) is 0 Å². The fourth-order valence-corrected chi connectivity index (χ4v) is 1.22. The van der Waals surface area contributed by atoms with Crippen molar-refractivity contribution in [2.75, 3.05) is 7.11 Å². The van der Waals surface area contributed by atoms with Gasteiger partial charge in [-0.25, -0.2) is 4.79 Å². The molecule has 18 heavy (non-hydrogen) atoms. The van der Waals surface area contributed by atoms with E-state index < -0.39 is 35.6 Å². The van der Waals surface area contributed by atoms with E-state index in [0.717, 1.165) is 7.11 Å². The first-order valence-corrected chi connectivity index (χ1v) is 5.38. The smallest absolute Gasteiger partial charge is 0.407 e. The van der Waals surface area contributed by atoms with Gasteiger partial charge in [0, 0.05) is 0 Å². The number of hydrogen-bond acceptors (Lipinski definition) is 5. The highest BCUT2D eigenvalue weighted by atomic mass is 16.6. The van der Waals surface area contributed by atoms with E-state index in [1.165, 1.54) is 6.92 Å². The Balaban J connectivity index is 4.62. The van der Waals surface area contributed by atoms with E-state index in [1.54, 1.807) is 20.8 Å². The van der Waals surface area contributed by atoms with Gasteiger partial charge in [-0.1, -0.05) is 0 Å². The van der Waals surface area contributed by atoms with Gasteiger partial charge in [-0.3, -0.25) is 9.59 Å². The van der Waals surface area contributed by atoms with Crippen LogP contribution in [0.1, 0.15) is 27.7 Å². The summed E-state index contributed by atoms with van der Waals surface area (Å²) in [6, 6.07) is -0.940. The molecule has 0 radical (unpaired) electrons. The largest absolute Gasteiger partial charge is 0.481 e. The Bertz CT molecular complexity index is 333. The SMILES string of the molecule is COC(=O)C(C(=O)O)C(C)NC(=O)OC(C)(C)C. The van der Waals surface area contributed by atoms with Crippen LogP contribution >= 0.6 is 0 Å². The Morgan fingerprint density at radius 3 is 2.06 bits per heavy atom. The van der Waals surface area contributed by atoms with Gasteiger partial charge in [0.2, 0.25) is 0 Å². The average Bonchev–Trinajstić information content (AvgIpc) is 2.13. The van der Waals surface area contributed by atoms with E-state index in [-0.39, 0.29) is 0 Å². The van der Waals surface area contributed by atoms with Crippen LogP contribution in [0.15, 0.2) is 0 Å². The van der Waals surface area contributed by atoms with E-state index >= 15 is 0 Å². The van der Waals surface area contributed by atoms with Crippen LogP contribution in [0.4, 0.5) is 4.79 Å². The maximum Gasteiger partial charge on any atom is 0.407 e. The van der Waals surface area contributed by atoms with Crippen molar-refractivity contribution < 1.29 is 29.0 Å². The van der Waals surface area contributed by atoms with Crippen LogP contribution < -0.4 is 5.32 Å². The third-order valence-electron chi connectivity index (χ3n) is 1.97. The first kappa shape index (κ1) is 16.2. The number of amides is 1. The molecule has 0 aromatic heterocycles. The Labute approximate surface area is 105 Å². The maximum atomic E-state index is 11.4. The predicted octanol–water partition coefficient (Wildman–Crippen LogP) is 0.773. The van der Waals surface area contributed by atoms with Gasteiger partial charge >= 0.3 is 18.0 Å². The summed E-state index contributed by atoms with van der Waals surface area (Å²) in [4.78, 5) is 33.6. The molecule has 0 aliphatic heterocycles. The van der Waals surface area contributed by atoms with E-state index in [9.17, 15) is 14.4 Å². The van der Waals surface area contributed by atoms with Crippen LogP contribution in [0.3, 0.4) is 0 Å². The summed E-state index contributed by atoms with van der Waals surface area (Å²) in [5, 5.41) is 11.2. The molecular formula is C11H19NO6. The van der Waals surface area contributed by atoms with Crippen molar-refractivity contribution in [3.8, 4) is 0 Å². The number of methoxy groups -OCH3 is 1. The molecule has 0 bridgehead atoms. The summed E-state index contributed by atoms with van der Waals surface area (Å²) in [5.41, 5.74) is -0.701. The third kappa shape index (κ3) is 5.51. The van der Waals surface area contributed by atoms with Crippen molar-refractivity contribution in [1.82, 2.24) is 5.32 Å². The molecule has 7 nitrogen and oxygen atoms in total. The number of rotatable bonds is 4. The number of carboxylic acid groups (broad SMARTS) is 1. The second kappa shape index (κ2) is 6.23. The molecule has 7 heteroatoms. The lowest BCUT2D eigenvalue weighted by atomic mass is 10.0. The predicted molar refractivity (Wildman–Crippen MR) is 62.0 cm³/mol. The number of carboxylic acids is 1. The first-order valence-electron chi connectivity index (χ1n) is 5.38. The molecule has 0 saturated heterocycles. The summed E-state index contributed by atoms with van der Waals surface area (Å²) >= 11 is 0. The lowest BCUT2D eigenvalue weighted by Gasteiger charge is -2.23. The second-order valence-corrected chi connectivity index (χ2v) is 4.77. The molecule has 0 aliphatic carbocycles. The third-order valence-corrected chi connectivity index (χ3v) is 1.97. The fraction of sp³-hybridized carbons (Fsp3) is 0.727. The average molecular weight is 261 g/mol. The lowest BCUT2D eigenvalue weighted by Crippen LogP contribution is -2.46. The zero-order chi connectivity index (χ0) is 14.5. The van der Waals surface area contributed by atoms with Gasteiger partial charge in [0.15, 0.2) is 5.92 Å². The highest BCUT2D eigenvalue weighted by Gasteiger charge is 2.34. The zero-order valence-electron chi connectivity index (χ0n) is 11.1. The van der Waals surface area contributed by atoms with E-state index in [4.69, 9.17) is 9.84 Å². The molecule has 2 atom stereocenters. The number of carbonyl (C=O) groups excluding carboxylic acids is 2. The number of carbonyl (C=O) groups is 3. The highest BCUT2D eigenvalue weighted by Crippen LogP contribution is 2.10. The molecule has 0 spiro atoms. The molecule has 104 valence electrons. The molecule has 0 fully saturated rings. The number of ether oxygens (including phenoxy) is 2. The molecule has 0 heterocycles. The maximum absolute atomic E-state index is 11.4. The Hall–Kier alpha value is -1.79. The van der Waals surface area contributed by atoms with Crippen LogP contribution in [0.25, 0.3) is 0 Å². The topological polar surface area (TPSA) is 102 Å².